The van der Waals surface area contributed by atoms with Gasteiger partial charge >= 0.3 is 0 Å². The SMILES string of the molecule is CCCCCCCCCCN(CC)C(C)(Cl)CCCCCCCCCC. The number of hydrogen-bond acceptors (Lipinski definition) is 1. The van der Waals surface area contributed by atoms with Crippen LogP contribution in [-0.2, 0) is 0 Å². The van der Waals surface area contributed by atoms with Gasteiger partial charge in [-0.15, -0.1) is 11.6 Å². The number of alkyl halides is 1. The molecule has 1 nitrogen and oxygen atoms in total. The third-order valence-corrected chi connectivity index (χ3v) is 6.24. The average molecular weight is 388 g/mol. The molecule has 1 atom stereocenters. The molecule has 158 valence electrons. The molecule has 0 radical (unpaired) electrons. The first kappa shape index (κ1) is 26.2. The van der Waals surface area contributed by atoms with Crippen LogP contribution in [0.4, 0.5) is 0 Å². The molecule has 0 aliphatic carbocycles. The molecule has 0 aromatic rings. The molecule has 0 aromatic carbocycles. The third kappa shape index (κ3) is 15.3. The summed E-state index contributed by atoms with van der Waals surface area (Å²) in [5.41, 5.74) is 0. The number of halogens is 1. The molecule has 0 aliphatic rings. The number of unbranched alkanes of at least 4 members (excludes halogenated alkanes) is 14. The zero-order valence-corrected chi connectivity index (χ0v) is 19.5. The lowest BCUT2D eigenvalue weighted by molar-refractivity contribution is 0.167. The Labute approximate surface area is 171 Å². The zero-order chi connectivity index (χ0) is 19.5. The largest absolute Gasteiger partial charge is 0.285 e. The van der Waals surface area contributed by atoms with Gasteiger partial charge in [-0.1, -0.05) is 117 Å². The van der Waals surface area contributed by atoms with Gasteiger partial charge in [0.15, 0.2) is 0 Å². The van der Waals surface area contributed by atoms with Crippen molar-refractivity contribution in [1.82, 2.24) is 4.90 Å². The number of rotatable bonds is 20. The van der Waals surface area contributed by atoms with E-state index in [0.717, 1.165) is 13.0 Å². The molecular weight excluding hydrogens is 338 g/mol. The molecule has 0 bridgehead atoms. The first-order chi connectivity index (χ1) is 12.6. The van der Waals surface area contributed by atoms with E-state index in [0.29, 0.717) is 0 Å². The van der Waals surface area contributed by atoms with Gasteiger partial charge in [-0.3, -0.25) is 4.90 Å². The van der Waals surface area contributed by atoms with E-state index in [2.05, 4.69) is 32.6 Å². The van der Waals surface area contributed by atoms with Crippen LogP contribution in [0, 0.1) is 0 Å². The normalized spacial score (nSPS) is 14.1. The monoisotopic (exact) mass is 387 g/mol. The highest BCUT2D eigenvalue weighted by atomic mass is 35.5. The molecule has 0 aliphatic heterocycles. The molecule has 1 unspecified atom stereocenters. The van der Waals surface area contributed by atoms with E-state index in [1.165, 1.54) is 109 Å². The predicted molar refractivity (Wildman–Crippen MR) is 121 cm³/mol. The Bertz CT molecular complexity index is 277. The minimum Gasteiger partial charge on any atom is -0.285 e. The smallest absolute Gasteiger partial charge is 0.0931 e. The van der Waals surface area contributed by atoms with Gasteiger partial charge in [-0.25, -0.2) is 0 Å². The average Bonchev–Trinajstić information content (AvgIpc) is 2.62. The number of nitrogens with zero attached hydrogens (tertiary/aromatic N) is 1. The van der Waals surface area contributed by atoms with E-state index in [9.17, 15) is 0 Å². The number of hydrogen-bond donors (Lipinski definition) is 0. The molecular formula is C24H50ClN. The van der Waals surface area contributed by atoms with Crippen molar-refractivity contribution in [3.05, 3.63) is 0 Å². The highest BCUT2D eigenvalue weighted by Crippen LogP contribution is 2.28. The highest BCUT2D eigenvalue weighted by Gasteiger charge is 2.26. The van der Waals surface area contributed by atoms with Crippen LogP contribution in [0.25, 0.3) is 0 Å². The maximum Gasteiger partial charge on any atom is 0.0931 e. The maximum atomic E-state index is 6.91. The second kappa shape index (κ2) is 18.6. The van der Waals surface area contributed by atoms with Crippen LogP contribution in [0.3, 0.4) is 0 Å². The summed E-state index contributed by atoms with van der Waals surface area (Å²) in [7, 11) is 0. The second-order valence-electron chi connectivity index (χ2n) is 8.42. The van der Waals surface area contributed by atoms with Crippen molar-refractivity contribution in [2.24, 2.45) is 0 Å². The van der Waals surface area contributed by atoms with Gasteiger partial charge in [0.25, 0.3) is 0 Å². The van der Waals surface area contributed by atoms with Crippen LogP contribution >= 0.6 is 11.6 Å². The summed E-state index contributed by atoms with van der Waals surface area (Å²) in [5, 5.41) is 0. The Hall–Kier alpha value is 0.250. The van der Waals surface area contributed by atoms with Gasteiger partial charge in [0.05, 0.1) is 5.00 Å². The van der Waals surface area contributed by atoms with Crippen molar-refractivity contribution in [2.75, 3.05) is 13.1 Å². The Morgan fingerprint density at radius 3 is 1.38 bits per heavy atom. The van der Waals surface area contributed by atoms with Crippen molar-refractivity contribution >= 4 is 11.6 Å². The molecule has 0 rings (SSSR count). The lowest BCUT2D eigenvalue weighted by Gasteiger charge is -2.36. The third-order valence-electron chi connectivity index (χ3n) is 5.81. The molecule has 0 saturated heterocycles. The molecule has 0 aromatic heterocycles. The molecule has 0 saturated carbocycles. The van der Waals surface area contributed by atoms with Crippen molar-refractivity contribution in [2.45, 2.75) is 142 Å². The van der Waals surface area contributed by atoms with Crippen LogP contribution in [0.2, 0.25) is 0 Å². The minimum absolute atomic E-state index is 0.141. The van der Waals surface area contributed by atoms with Gasteiger partial charge in [0, 0.05) is 0 Å². The van der Waals surface area contributed by atoms with Crippen LogP contribution in [0.1, 0.15) is 137 Å². The van der Waals surface area contributed by atoms with Crippen LogP contribution in [0.5, 0.6) is 0 Å². The summed E-state index contributed by atoms with van der Waals surface area (Å²) in [6.07, 6.45) is 23.3. The molecule has 0 fully saturated rings. The summed E-state index contributed by atoms with van der Waals surface area (Å²) >= 11 is 6.91. The molecule has 0 spiro atoms. The maximum absolute atomic E-state index is 6.91. The highest BCUT2D eigenvalue weighted by molar-refractivity contribution is 6.23. The van der Waals surface area contributed by atoms with E-state index < -0.39 is 0 Å². The summed E-state index contributed by atoms with van der Waals surface area (Å²) in [6.45, 7) is 11.3. The topological polar surface area (TPSA) is 3.24 Å². The Balaban J connectivity index is 3.72. The van der Waals surface area contributed by atoms with Gasteiger partial charge in [0.2, 0.25) is 0 Å². The van der Waals surface area contributed by atoms with E-state index in [4.69, 9.17) is 11.6 Å². The van der Waals surface area contributed by atoms with Crippen LogP contribution < -0.4 is 0 Å². The predicted octanol–water partition coefficient (Wildman–Crippen LogP) is 8.93. The van der Waals surface area contributed by atoms with Crippen LogP contribution in [0.15, 0.2) is 0 Å². The Morgan fingerprint density at radius 2 is 0.962 bits per heavy atom. The fourth-order valence-corrected chi connectivity index (χ4v) is 4.23. The molecule has 2 heteroatoms. The first-order valence-corrected chi connectivity index (χ1v) is 12.4. The van der Waals surface area contributed by atoms with Crippen molar-refractivity contribution < 1.29 is 0 Å². The van der Waals surface area contributed by atoms with Crippen molar-refractivity contribution in [3.8, 4) is 0 Å². The standard InChI is InChI=1S/C24H50ClN/c1-5-8-10-12-14-16-18-20-22-24(4,25)26(7-3)23-21-19-17-15-13-11-9-6-2/h5-23H2,1-4H3. The fraction of sp³-hybridized carbons (Fsp3) is 1.00. The second-order valence-corrected chi connectivity index (χ2v) is 9.24. The van der Waals surface area contributed by atoms with Crippen molar-refractivity contribution in [3.63, 3.8) is 0 Å². The molecule has 26 heavy (non-hydrogen) atoms. The van der Waals surface area contributed by atoms with E-state index in [-0.39, 0.29) is 5.00 Å². The summed E-state index contributed by atoms with van der Waals surface area (Å²) in [6, 6.07) is 0. The summed E-state index contributed by atoms with van der Waals surface area (Å²) in [4.78, 5) is 2.37. The Morgan fingerprint density at radius 1 is 0.577 bits per heavy atom. The van der Waals surface area contributed by atoms with E-state index >= 15 is 0 Å². The molecule has 0 amide bonds. The van der Waals surface area contributed by atoms with Gasteiger partial charge in [-0.05, 0) is 32.9 Å². The first-order valence-electron chi connectivity index (χ1n) is 12.0. The van der Waals surface area contributed by atoms with Gasteiger partial charge in [0.1, 0.15) is 0 Å². The van der Waals surface area contributed by atoms with E-state index in [1.54, 1.807) is 0 Å². The minimum atomic E-state index is -0.141. The van der Waals surface area contributed by atoms with Crippen LogP contribution in [-0.4, -0.2) is 23.0 Å². The summed E-state index contributed by atoms with van der Waals surface area (Å²) < 4.78 is 0. The molecule has 0 heterocycles. The van der Waals surface area contributed by atoms with Gasteiger partial charge in [-0.2, -0.15) is 0 Å². The molecule has 0 N–H and O–H groups in total. The van der Waals surface area contributed by atoms with Gasteiger partial charge < -0.3 is 0 Å². The van der Waals surface area contributed by atoms with Crippen molar-refractivity contribution in [1.29, 1.82) is 0 Å². The van der Waals surface area contributed by atoms with E-state index in [1.807, 2.05) is 0 Å². The quantitative estimate of drug-likeness (QED) is 0.114. The fourth-order valence-electron chi connectivity index (χ4n) is 3.90. The lowest BCUT2D eigenvalue weighted by Crippen LogP contribution is -2.42. The Kier molecular flexibility index (Phi) is 18.8. The summed E-state index contributed by atoms with van der Waals surface area (Å²) in [5.74, 6) is 0. The lowest BCUT2D eigenvalue weighted by atomic mass is 10.0. The zero-order valence-electron chi connectivity index (χ0n) is 18.8.